The summed E-state index contributed by atoms with van der Waals surface area (Å²) in [6.07, 6.45) is 5.44. The van der Waals surface area contributed by atoms with Crippen LogP contribution in [0, 0.1) is 12.3 Å². The molecule has 1 N–H and O–H groups in total. The molecule has 18 heavy (non-hydrogen) atoms. The fourth-order valence-corrected chi connectivity index (χ4v) is 2.10. The predicted octanol–water partition coefficient (Wildman–Crippen LogP) is 2.97. The van der Waals surface area contributed by atoms with Gasteiger partial charge in [-0.2, -0.15) is 0 Å². The van der Waals surface area contributed by atoms with Gasteiger partial charge in [-0.1, -0.05) is 5.92 Å². The van der Waals surface area contributed by atoms with Crippen molar-refractivity contribution >= 4 is 15.9 Å². The van der Waals surface area contributed by atoms with Gasteiger partial charge in [0.05, 0.1) is 24.2 Å². The van der Waals surface area contributed by atoms with Crippen LogP contribution in [0.1, 0.15) is 19.4 Å². The first-order valence-corrected chi connectivity index (χ1v) is 6.36. The summed E-state index contributed by atoms with van der Waals surface area (Å²) in [5.74, 6) is 4.09. The number of terminal acetylenes is 1. The molecule has 3 nitrogen and oxygen atoms in total. The second kappa shape index (κ2) is 6.12. The van der Waals surface area contributed by atoms with Crippen LogP contribution in [0.25, 0.3) is 0 Å². The topological polar surface area (TPSA) is 30.5 Å². The van der Waals surface area contributed by atoms with Crippen LogP contribution in [-0.2, 0) is 6.54 Å². The lowest BCUT2D eigenvalue weighted by atomic mass is 10.1. The van der Waals surface area contributed by atoms with Gasteiger partial charge in [0.1, 0.15) is 0 Å². The van der Waals surface area contributed by atoms with Crippen molar-refractivity contribution in [1.82, 2.24) is 5.32 Å². The Morgan fingerprint density at radius 3 is 2.50 bits per heavy atom. The lowest BCUT2D eigenvalue weighted by Crippen LogP contribution is -2.36. The first kappa shape index (κ1) is 14.9. The Balaban J connectivity index is 2.92. The minimum absolute atomic E-state index is 0.334. The molecule has 0 saturated heterocycles. The van der Waals surface area contributed by atoms with Crippen molar-refractivity contribution in [3.8, 4) is 23.8 Å². The highest BCUT2D eigenvalue weighted by molar-refractivity contribution is 9.10. The Hall–Kier alpha value is -1.18. The van der Waals surface area contributed by atoms with E-state index in [9.17, 15) is 0 Å². The highest BCUT2D eigenvalue weighted by Crippen LogP contribution is 2.36. The van der Waals surface area contributed by atoms with Gasteiger partial charge in [-0.05, 0) is 47.5 Å². The highest BCUT2D eigenvalue weighted by atomic mass is 79.9. The zero-order chi connectivity index (χ0) is 13.8. The Morgan fingerprint density at radius 1 is 1.33 bits per heavy atom. The van der Waals surface area contributed by atoms with Crippen LogP contribution in [0.4, 0.5) is 0 Å². The number of methoxy groups -OCH3 is 2. The predicted molar refractivity (Wildman–Crippen MR) is 77.0 cm³/mol. The van der Waals surface area contributed by atoms with Crippen molar-refractivity contribution in [3.05, 3.63) is 22.2 Å². The maximum atomic E-state index is 5.44. The van der Waals surface area contributed by atoms with Crippen LogP contribution < -0.4 is 14.8 Å². The van der Waals surface area contributed by atoms with E-state index in [-0.39, 0.29) is 5.54 Å². The van der Waals surface area contributed by atoms with E-state index < -0.39 is 0 Å². The van der Waals surface area contributed by atoms with Crippen LogP contribution in [0.5, 0.6) is 11.5 Å². The second-order valence-corrected chi connectivity index (χ2v) is 5.29. The van der Waals surface area contributed by atoms with Gasteiger partial charge in [0.15, 0.2) is 11.5 Å². The van der Waals surface area contributed by atoms with Crippen LogP contribution in [-0.4, -0.2) is 19.8 Å². The molecule has 1 rings (SSSR count). The third kappa shape index (κ3) is 3.66. The van der Waals surface area contributed by atoms with E-state index in [0.717, 1.165) is 10.0 Å². The summed E-state index contributed by atoms with van der Waals surface area (Å²) in [5.41, 5.74) is 0.738. The van der Waals surface area contributed by atoms with E-state index in [0.29, 0.717) is 18.0 Å². The average Bonchev–Trinajstić information content (AvgIpc) is 2.35. The van der Waals surface area contributed by atoms with Crippen molar-refractivity contribution in [3.63, 3.8) is 0 Å². The molecule has 0 saturated carbocycles. The van der Waals surface area contributed by atoms with E-state index >= 15 is 0 Å². The number of hydrogen-bond acceptors (Lipinski definition) is 3. The molecule has 0 aliphatic heterocycles. The minimum atomic E-state index is -0.334. The molecule has 1 aromatic carbocycles. The van der Waals surface area contributed by atoms with Crippen molar-refractivity contribution in [2.45, 2.75) is 25.9 Å². The monoisotopic (exact) mass is 311 g/mol. The van der Waals surface area contributed by atoms with Gasteiger partial charge in [0.2, 0.25) is 0 Å². The first-order valence-electron chi connectivity index (χ1n) is 5.56. The number of hydrogen-bond donors (Lipinski definition) is 1. The fourth-order valence-electron chi connectivity index (χ4n) is 1.45. The highest BCUT2D eigenvalue weighted by Gasteiger charge is 2.14. The molecule has 0 spiro atoms. The Bertz CT molecular complexity index is 464. The molecule has 0 aliphatic rings. The third-order valence-corrected chi connectivity index (χ3v) is 3.18. The van der Waals surface area contributed by atoms with E-state index in [1.807, 2.05) is 26.0 Å². The standard InChI is InChI=1S/C14H18BrNO2/c1-6-14(2,3)16-9-10-7-11(15)13(18-5)12(8-10)17-4/h1,7-8,16H,9H2,2-5H3. The summed E-state index contributed by atoms with van der Waals surface area (Å²) in [5, 5.41) is 3.29. The van der Waals surface area contributed by atoms with E-state index in [1.54, 1.807) is 14.2 Å². The minimum Gasteiger partial charge on any atom is -0.493 e. The van der Waals surface area contributed by atoms with Crippen molar-refractivity contribution < 1.29 is 9.47 Å². The average molecular weight is 312 g/mol. The van der Waals surface area contributed by atoms with Crippen LogP contribution in [0.2, 0.25) is 0 Å². The molecule has 0 unspecified atom stereocenters. The van der Waals surface area contributed by atoms with E-state index in [2.05, 4.69) is 27.2 Å². The van der Waals surface area contributed by atoms with Crippen molar-refractivity contribution in [1.29, 1.82) is 0 Å². The molecule has 1 aromatic rings. The van der Waals surface area contributed by atoms with Crippen molar-refractivity contribution in [2.24, 2.45) is 0 Å². The molecule has 0 amide bonds. The SMILES string of the molecule is C#CC(C)(C)NCc1cc(Br)c(OC)c(OC)c1. The summed E-state index contributed by atoms with van der Waals surface area (Å²) in [6, 6.07) is 3.92. The number of nitrogens with one attached hydrogen (secondary N) is 1. The maximum Gasteiger partial charge on any atom is 0.174 e. The van der Waals surface area contributed by atoms with Gasteiger partial charge in [-0.15, -0.1) is 6.42 Å². The van der Waals surface area contributed by atoms with Gasteiger partial charge in [-0.3, -0.25) is 5.32 Å². The number of halogens is 1. The molecule has 0 aliphatic carbocycles. The van der Waals surface area contributed by atoms with Gasteiger partial charge in [-0.25, -0.2) is 0 Å². The normalized spacial score (nSPS) is 10.9. The zero-order valence-corrected chi connectivity index (χ0v) is 12.7. The summed E-state index contributed by atoms with van der Waals surface area (Å²) in [6.45, 7) is 4.59. The lowest BCUT2D eigenvalue weighted by molar-refractivity contribution is 0.352. The quantitative estimate of drug-likeness (QED) is 0.848. The lowest BCUT2D eigenvalue weighted by Gasteiger charge is -2.20. The van der Waals surface area contributed by atoms with Crippen LogP contribution in [0.3, 0.4) is 0 Å². The molecule has 0 radical (unpaired) electrons. The zero-order valence-electron chi connectivity index (χ0n) is 11.1. The van der Waals surface area contributed by atoms with E-state index in [1.165, 1.54) is 0 Å². The number of benzene rings is 1. The Morgan fingerprint density at radius 2 is 2.00 bits per heavy atom. The number of rotatable bonds is 5. The van der Waals surface area contributed by atoms with Gasteiger partial charge in [0.25, 0.3) is 0 Å². The van der Waals surface area contributed by atoms with Gasteiger partial charge >= 0.3 is 0 Å². The molecule has 0 aromatic heterocycles. The summed E-state index contributed by atoms with van der Waals surface area (Å²) >= 11 is 3.46. The van der Waals surface area contributed by atoms with E-state index in [4.69, 9.17) is 15.9 Å². The molecular weight excluding hydrogens is 294 g/mol. The fraction of sp³-hybridized carbons (Fsp3) is 0.429. The number of ether oxygens (including phenoxy) is 2. The Labute approximate surface area is 117 Å². The summed E-state index contributed by atoms with van der Waals surface area (Å²) < 4.78 is 11.4. The van der Waals surface area contributed by atoms with Gasteiger partial charge in [0, 0.05) is 6.54 Å². The maximum absolute atomic E-state index is 5.44. The summed E-state index contributed by atoms with van der Waals surface area (Å²) in [4.78, 5) is 0. The molecule has 0 bridgehead atoms. The van der Waals surface area contributed by atoms with Gasteiger partial charge < -0.3 is 9.47 Å². The first-order chi connectivity index (χ1) is 8.43. The van der Waals surface area contributed by atoms with Crippen molar-refractivity contribution in [2.75, 3.05) is 14.2 Å². The largest absolute Gasteiger partial charge is 0.493 e. The van der Waals surface area contributed by atoms with Crippen LogP contribution >= 0.6 is 15.9 Å². The smallest absolute Gasteiger partial charge is 0.174 e. The molecule has 4 heteroatoms. The third-order valence-electron chi connectivity index (χ3n) is 2.59. The molecular formula is C14H18BrNO2. The molecule has 0 heterocycles. The molecule has 0 fully saturated rings. The Kier molecular flexibility index (Phi) is 5.06. The molecule has 98 valence electrons. The molecule has 0 atom stereocenters. The summed E-state index contributed by atoms with van der Waals surface area (Å²) in [7, 11) is 3.23. The van der Waals surface area contributed by atoms with Crippen LogP contribution in [0.15, 0.2) is 16.6 Å². The second-order valence-electron chi connectivity index (χ2n) is 4.44.